The van der Waals surface area contributed by atoms with Crippen LogP contribution in [0, 0.1) is 6.92 Å². The number of hydrogen-bond donors (Lipinski definition) is 1. The summed E-state index contributed by atoms with van der Waals surface area (Å²) in [5.41, 5.74) is 3.84. The lowest BCUT2D eigenvalue weighted by Crippen LogP contribution is -1.77. The second-order valence-electron chi connectivity index (χ2n) is 3.30. The second kappa shape index (κ2) is 3.18. The van der Waals surface area contributed by atoms with E-state index < -0.39 is 0 Å². The van der Waals surface area contributed by atoms with E-state index in [0.717, 1.165) is 10.9 Å². The van der Waals surface area contributed by atoms with Crippen molar-refractivity contribution < 1.29 is 0 Å². The van der Waals surface area contributed by atoms with Crippen LogP contribution >= 0.6 is 15.9 Å². The van der Waals surface area contributed by atoms with Crippen molar-refractivity contribution in [2.45, 2.75) is 20.3 Å². The molecule has 0 atom stereocenters. The Morgan fingerprint density at radius 1 is 1.38 bits per heavy atom. The van der Waals surface area contributed by atoms with Gasteiger partial charge in [0, 0.05) is 15.6 Å². The summed E-state index contributed by atoms with van der Waals surface area (Å²) in [5.74, 6) is 0. The number of H-pyrrole nitrogens is 1. The van der Waals surface area contributed by atoms with Crippen LogP contribution in [-0.4, -0.2) is 4.98 Å². The molecule has 1 N–H and O–H groups in total. The molecule has 2 aromatic rings. The highest BCUT2D eigenvalue weighted by Gasteiger charge is 2.04. The average molecular weight is 238 g/mol. The molecule has 0 fully saturated rings. The van der Waals surface area contributed by atoms with Crippen molar-refractivity contribution in [3.05, 3.63) is 33.9 Å². The van der Waals surface area contributed by atoms with Crippen LogP contribution in [0.1, 0.15) is 18.2 Å². The summed E-state index contributed by atoms with van der Waals surface area (Å²) >= 11 is 3.54. The van der Waals surface area contributed by atoms with Gasteiger partial charge >= 0.3 is 0 Å². The van der Waals surface area contributed by atoms with Crippen molar-refractivity contribution in [1.82, 2.24) is 4.98 Å². The van der Waals surface area contributed by atoms with Crippen LogP contribution in [0.15, 0.2) is 22.7 Å². The number of benzene rings is 1. The molecule has 0 spiro atoms. The van der Waals surface area contributed by atoms with Crippen LogP contribution in [0.3, 0.4) is 0 Å². The van der Waals surface area contributed by atoms with Gasteiger partial charge in [-0.2, -0.15) is 0 Å². The highest BCUT2D eigenvalue weighted by atomic mass is 79.9. The topological polar surface area (TPSA) is 15.8 Å². The van der Waals surface area contributed by atoms with Crippen molar-refractivity contribution in [2.75, 3.05) is 0 Å². The van der Waals surface area contributed by atoms with Crippen LogP contribution in [0.25, 0.3) is 10.9 Å². The Kier molecular flexibility index (Phi) is 2.16. The predicted molar refractivity (Wildman–Crippen MR) is 60.1 cm³/mol. The highest BCUT2D eigenvalue weighted by molar-refractivity contribution is 9.10. The van der Waals surface area contributed by atoms with Gasteiger partial charge in [-0.25, -0.2) is 0 Å². The van der Waals surface area contributed by atoms with Crippen molar-refractivity contribution in [3.63, 3.8) is 0 Å². The van der Waals surface area contributed by atoms with Crippen LogP contribution in [0.4, 0.5) is 0 Å². The summed E-state index contributed by atoms with van der Waals surface area (Å²) in [6.07, 6.45) is 1.06. The molecule has 1 nitrogen and oxygen atoms in total. The fourth-order valence-corrected chi connectivity index (χ4v) is 2.02. The maximum atomic E-state index is 3.54. The molecule has 0 saturated carbocycles. The lowest BCUT2D eigenvalue weighted by molar-refractivity contribution is 1.07. The highest BCUT2D eigenvalue weighted by Crippen LogP contribution is 2.26. The minimum Gasteiger partial charge on any atom is -0.357 e. The Balaban J connectivity index is 2.80. The van der Waals surface area contributed by atoms with Crippen molar-refractivity contribution in [1.29, 1.82) is 0 Å². The molecule has 2 rings (SSSR count). The molecule has 13 heavy (non-hydrogen) atoms. The first kappa shape index (κ1) is 8.82. The second-order valence-corrected chi connectivity index (χ2v) is 4.16. The zero-order valence-electron chi connectivity index (χ0n) is 7.82. The molecule has 0 amide bonds. The molecule has 2 heteroatoms. The van der Waals surface area contributed by atoms with E-state index in [1.165, 1.54) is 22.2 Å². The third-order valence-corrected chi connectivity index (χ3v) is 3.06. The maximum Gasteiger partial charge on any atom is 0.0603 e. The molecule has 0 bridgehead atoms. The summed E-state index contributed by atoms with van der Waals surface area (Å²) in [7, 11) is 0. The lowest BCUT2D eigenvalue weighted by Gasteiger charge is -1.96. The van der Waals surface area contributed by atoms with Gasteiger partial charge in [0.15, 0.2) is 0 Å². The molecule has 1 aromatic carbocycles. The van der Waals surface area contributed by atoms with Crippen molar-refractivity contribution >= 4 is 26.8 Å². The van der Waals surface area contributed by atoms with Crippen molar-refractivity contribution in [3.8, 4) is 0 Å². The maximum absolute atomic E-state index is 3.54. The fourth-order valence-electron chi connectivity index (χ4n) is 1.57. The van der Waals surface area contributed by atoms with Crippen LogP contribution in [-0.2, 0) is 6.42 Å². The monoisotopic (exact) mass is 237 g/mol. The summed E-state index contributed by atoms with van der Waals surface area (Å²) in [4.78, 5) is 3.41. The molecule has 0 aliphatic heterocycles. The summed E-state index contributed by atoms with van der Waals surface area (Å²) < 4.78 is 1.15. The van der Waals surface area contributed by atoms with E-state index >= 15 is 0 Å². The van der Waals surface area contributed by atoms with Gasteiger partial charge in [0.1, 0.15) is 0 Å². The van der Waals surface area contributed by atoms with Gasteiger partial charge in [0.25, 0.3) is 0 Å². The SMILES string of the molecule is CCc1cc2c(C)ccc(Br)c2[nH]1. The number of hydrogen-bond acceptors (Lipinski definition) is 0. The van der Waals surface area contributed by atoms with Gasteiger partial charge in [0.2, 0.25) is 0 Å². The summed E-state index contributed by atoms with van der Waals surface area (Å²) in [6, 6.07) is 6.46. The summed E-state index contributed by atoms with van der Waals surface area (Å²) in [6.45, 7) is 4.30. The first-order chi connectivity index (χ1) is 6.22. The number of nitrogens with one attached hydrogen (secondary N) is 1. The smallest absolute Gasteiger partial charge is 0.0603 e. The molecule has 1 heterocycles. The molecule has 68 valence electrons. The Morgan fingerprint density at radius 3 is 2.77 bits per heavy atom. The summed E-state index contributed by atoms with van der Waals surface area (Å²) in [5, 5.41) is 1.33. The quantitative estimate of drug-likeness (QED) is 0.777. The van der Waals surface area contributed by atoms with Gasteiger partial charge < -0.3 is 4.98 Å². The van der Waals surface area contributed by atoms with Gasteiger partial charge in [-0.1, -0.05) is 13.0 Å². The first-order valence-corrected chi connectivity index (χ1v) is 5.28. The lowest BCUT2D eigenvalue weighted by atomic mass is 10.1. The number of fused-ring (bicyclic) bond motifs is 1. The minimum atomic E-state index is 1.06. The van der Waals surface area contributed by atoms with Crippen molar-refractivity contribution in [2.24, 2.45) is 0 Å². The van der Waals surface area contributed by atoms with Crippen LogP contribution in [0.2, 0.25) is 0 Å². The van der Waals surface area contributed by atoms with E-state index in [1.807, 2.05) is 0 Å². The first-order valence-electron chi connectivity index (χ1n) is 4.49. The van der Waals surface area contributed by atoms with E-state index in [4.69, 9.17) is 0 Å². The molecule has 0 unspecified atom stereocenters. The molecular weight excluding hydrogens is 226 g/mol. The number of aromatic amines is 1. The van der Waals surface area contributed by atoms with Crippen LogP contribution in [0.5, 0.6) is 0 Å². The number of aromatic nitrogens is 1. The fraction of sp³-hybridized carbons (Fsp3) is 0.273. The Labute approximate surface area is 86.3 Å². The Morgan fingerprint density at radius 2 is 2.15 bits per heavy atom. The van der Waals surface area contributed by atoms with Gasteiger partial charge in [-0.15, -0.1) is 0 Å². The largest absolute Gasteiger partial charge is 0.357 e. The Hall–Kier alpha value is -0.760. The molecule has 0 saturated heterocycles. The third-order valence-electron chi connectivity index (χ3n) is 2.40. The van der Waals surface area contributed by atoms with Crippen LogP contribution < -0.4 is 0 Å². The molecule has 1 aromatic heterocycles. The number of halogens is 1. The van der Waals surface area contributed by atoms with E-state index in [9.17, 15) is 0 Å². The van der Waals surface area contributed by atoms with E-state index in [1.54, 1.807) is 0 Å². The molecule has 0 aliphatic rings. The zero-order chi connectivity index (χ0) is 9.42. The van der Waals surface area contributed by atoms with Gasteiger partial charge in [0.05, 0.1) is 5.52 Å². The van der Waals surface area contributed by atoms with E-state index in [-0.39, 0.29) is 0 Å². The van der Waals surface area contributed by atoms with Gasteiger partial charge in [-0.3, -0.25) is 0 Å². The minimum absolute atomic E-state index is 1.06. The predicted octanol–water partition coefficient (Wildman–Crippen LogP) is 3.80. The number of rotatable bonds is 1. The Bertz CT molecular complexity index is 404. The third kappa shape index (κ3) is 1.39. The van der Waals surface area contributed by atoms with E-state index in [0.29, 0.717) is 0 Å². The average Bonchev–Trinajstić information content (AvgIpc) is 2.56. The molecule has 0 radical (unpaired) electrons. The zero-order valence-corrected chi connectivity index (χ0v) is 9.40. The van der Waals surface area contributed by atoms with E-state index in [2.05, 4.69) is 53.0 Å². The standard InChI is InChI=1S/C11H12BrN/c1-3-8-6-9-7(2)4-5-10(12)11(9)13-8/h4-6,13H,3H2,1-2H3. The molecular formula is C11H12BrN. The normalized spacial score (nSPS) is 11.0. The van der Waals surface area contributed by atoms with Gasteiger partial charge in [-0.05, 0) is 47.0 Å². The number of aryl methyl sites for hydroxylation is 2. The molecule has 0 aliphatic carbocycles.